The lowest BCUT2D eigenvalue weighted by atomic mass is 10.2. The Bertz CT molecular complexity index is 597. The number of anilines is 1. The van der Waals surface area contributed by atoms with E-state index in [0.29, 0.717) is 11.3 Å². The van der Waals surface area contributed by atoms with Gasteiger partial charge in [0.2, 0.25) is 0 Å². The van der Waals surface area contributed by atoms with Crippen molar-refractivity contribution in [3.05, 3.63) is 30.3 Å². The summed E-state index contributed by atoms with van der Waals surface area (Å²) in [5.41, 5.74) is 0.375. The number of likely N-dealkylation sites (N-methyl/N-ethyl adjacent to an activating group) is 1. The summed E-state index contributed by atoms with van der Waals surface area (Å²) < 4.78 is 13.7. The second kappa shape index (κ2) is 5.71. The fourth-order valence-electron chi connectivity index (χ4n) is 2.55. The Balaban J connectivity index is 1.69. The standard InChI is InChI=1S/C15H19FN4/c1-2-20(11-6-7-11)9-8-17-15-12-4-3-5-13(16)14(12)18-10-19-15/h3-5,10-11H,2,6-9H2,1H3,(H,17,18,19). The number of aromatic nitrogens is 2. The number of nitrogens with one attached hydrogen (secondary N) is 1. The summed E-state index contributed by atoms with van der Waals surface area (Å²) in [5, 5.41) is 4.04. The van der Waals surface area contributed by atoms with Gasteiger partial charge in [-0.15, -0.1) is 0 Å². The van der Waals surface area contributed by atoms with E-state index in [1.807, 2.05) is 6.07 Å². The van der Waals surface area contributed by atoms with Crippen molar-refractivity contribution >= 4 is 16.7 Å². The second-order valence-corrected chi connectivity index (χ2v) is 5.14. The third kappa shape index (κ3) is 2.72. The number of fused-ring (bicyclic) bond motifs is 1. The number of halogens is 1. The Morgan fingerprint density at radius 2 is 2.20 bits per heavy atom. The monoisotopic (exact) mass is 274 g/mol. The van der Waals surface area contributed by atoms with E-state index in [2.05, 4.69) is 27.1 Å². The summed E-state index contributed by atoms with van der Waals surface area (Å²) in [4.78, 5) is 10.7. The first-order chi connectivity index (χ1) is 9.79. The van der Waals surface area contributed by atoms with Crippen LogP contribution in [-0.4, -0.2) is 40.5 Å². The molecule has 5 heteroatoms. The molecule has 1 aromatic heterocycles. The molecule has 106 valence electrons. The minimum absolute atomic E-state index is 0.305. The normalized spacial score (nSPS) is 14.9. The molecule has 0 unspecified atom stereocenters. The van der Waals surface area contributed by atoms with Gasteiger partial charge in [-0.05, 0) is 31.5 Å². The SMILES string of the molecule is CCN(CCNc1ncnc2c(F)cccc12)C1CC1. The maximum atomic E-state index is 13.7. The highest BCUT2D eigenvalue weighted by Gasteiger charge is 2.27. The van der Waals surface area contributed by atoms with Crippen LogP contribution in [0.15, 0.2) is 24.5 Å². The maximum absolute atomic E-state index is 13.7. The van der Waals surface area contributed by atoms with E-state index < -0.39 is 0 Å². The molecular weight excluding hydrogens is 255 g/mol. The lowest BCUT2D eigenvalue weighted by Crippen LogP contribution is -2.31. The van der Waals surface area contributed by atoms with Crippen molar-refractivity contribution < 1.29 is 4.39 Å². The van der Waals surface area contributed by atoms with E-state index in [1.54, 1.807) is 6.07 Å². The van der Waals surface area contributed by atoms with E-state index >= 15 is 0 Å². The first-order valence-corrected chi connectivity index (χ1v) is 7.16. The highest BCUT2D eigenvalue weighted by Crippen LogP contribution is 2.26. The number of rotatable bonds is 6. The quantitative estimate of drug-likeness (QED) is 0.879. The van der Waals surface area contributed by atoms with Crippen molar-refractivity contribution in [2.45, 2.75) is 25.8 Å². The van der Waals surface area contributed by atoms with Gasteiger partial charge in [0, 0.05) is 24.5 Å². The van der Waals surface area contributed by atoms with E-state index in [9.17, 15) is 4.39 Å². The van der Waals surface area contributed by atoms with Gasteiger partial charge >= 0.3 is 0 Å². The third-order valence-corrected chi connectivity index (χ3v) is 3.78. The number of benzene rings is 1. The van der Waals surface area contributed by atoms with Crippen LogP contribution in [-0.2, 0) is 0 Å². The summed E-state index contributed by atoms with van der Waals surface area (Å²) in [6.07, 6.45) is 4.04. The predicted octanol–water partition coefficient (Wildman–Crippen LogP) is 2.67. The van der Waals surface area contributed by atoms with Crippen LogP contribution in [0.5, 0.6) is 0 Å². The Morgan fingerprint density at radius 3 is 2.95 bits per heavy atom. The second-order valence-electron chi connectivity index (χ2n) is 5.14. The van der Waals surface area contributed by atoms with Crippen LogP contribution in [0, 0.1) is 5.82 Å². The zero-order valence-corrected chi connectivity index (χ0v) is 11.6. The zero-order chi connectivity index (χ0) is 13.9. The molecule has 1 aromatic carbocycles. The highest BCUT2D eigenvalue weighted by atomic mass is 19.1. The van der Waals surface area contributed by atoms with E-state index in [0.717, 1.165) is 31.1 Å². The summed E-state index contributed by atoms with van der Waals surface area (Å²) >= 11 is 0. The first kappa shape index (κ1) is 13.2. The Labute approximate surface area is 118 Å². The molecule has 1 aliphatic carbocycles. The fraction of sp³-hybridized carbons (Fsp3) is 0.467. The van der Waals surface area contributed by atoms with Gasteiger partial charge in [0.05, 0.1) is 0 Å². The molecule has 0 atom stereocenters. The summed E-state index contributed by atoms with van der Waals surface area (Å²) in [6, 6.07) is 5.72. The van der Waals surface area contributed by atoms with Crippen molar-refractivity contribution in [3.63, 3.8) is 0 Å². The minimum Gasteiger partial charge on any atom is -0.368 e. The van der Waals surface area contributed by atoms with Crippen LogP contribution in [0.25, 0.3) is 10.9 Å². The van der Waals surface area contributed by atoms with Gasteiger partial charge in [-0.3, -0.25) is 4.90 Å². The van der Waals surface area contributed by atoms with E-state index in [-0.39, 0.29) is 5.82 Å². The van der Waals surface area contributed by atoms with Gasteiger partial charge in [-0.25, -0.2) is 14.4 Å². The van der Waals surface area contributed by atoms with Gasteiger partial charge in [0.25, 0.3) is 0 Å². The predicted molar refractivity (Wildman–Crippen MR) is 78.3 cm³/mol. The van der Waals surface area contributed by atoms with Gasteiger partial charge < -0.3 is 5.32 Å². The number of hydrogen-bond acceptors (Lipinski definition) is 4. The summed E-state index contributed by atoms with van der Waals surface area (Å²) in [6.45, 7) is 5.06. The van der Waals surface area contributed by atoms with E-state index in [4.69, 9.17) is 0 Å². The van der Waals surface area contributed by atoms with Gasteiger partial charge in [-0.2, -0.15) is 0 Å². The lowest BCUT2D eigenvalue weighted by molar-refractivity contribution is 0.289. The van der Waals surface area contributed by atoms with Crippen molar-refractivity contribution in [3.8, 4) is 0 Å². The van der Waals surface area contributed by atoms with E-state index in [1.165, 1.54) is 25.2 Å². The zero-order valence-electron chi connectivity index (χ0n) is 11.6. The topological polar surface area (TPSA) is 41.0 Å². The molecule has 1 aliphatic rings. The van der Waals surface area contributed by atoms with Gasteiger partial charge in [0.15, 0.2) is 0 Å². The van der Waals surface area contributed by atoms with Crippen LogP contribution < -0.4 is 5.32 Å². The third-order valence-electron chi connectivity index (χ3n) is 3.78. The molecule has 3 rings (SSSR count). The molecule has 2 aromatic rings. The smallest absolute Gasteiger partial charge is 0.149 e. The lowest BCUT2D eigenvalue weighted by Gasteiger charge is -2.20. The molecule has 1 saturated carbocycles. The first-order valence-electron chi connectivity index (χ1n) is 7.16. The Hall–Kier alpha value is -1.75. The van der Waals surface area contributed by atoms with Crippen LogP contribution in [0.4, 0.5) is 10.2 Å². The molecule has 1 N–H and O–H groups in total. The molecule has 20 heavy (non-hydrogen) atoms. The molecule has 0 radical (unpaired) electrons. The molecular formula is C15H19FN4. The van der Waals surface area contributed by atoms with Crippen LogP contribution in [0.3, 0.4) is 0 Å². The average molecular weight is 274 g/mol. The minimum atomic E-state index is -0.305. The van der Waals surface area contributed by atoms with Crippen LogP contribution in [0.2, 0.25) is 0 Å². The molecule has 4 nitrogen and oxygen atoms in total. The number of hydrogen-bond donors (Lipinski definition) is 1. The van der Waals surface area contributed by atoms with Crippen molar-refractivity contribution in [2.24, 2.45) is 0 Å². The van der Waals surface area contributed by atoms with Gasteiger partial charge in [0.1, 0.15) is 23.5 Å². The molecule has 0 spiro atoms. The highest BCUT2D eigenvalue weighted by molar-refractivity contribution is 5.89. The van der Waals surface area contributed by atoms with Crippen molar-refractivity contribution in [1.82, 2.24) is 14.9 Å². The number of nitrogens with zero attached hydrogens (tertiary/aromatic N) is 3. The van der Waals surface area contributed by atoms with Crippen molar-refractivity contribution in [1.29, 1.82) is 0 Å². The van der Waals surface area contributed by atoms with Crippen molar-refractivity contribution in [2.75, 3.05) is 25.0 Å². The molecule has 1 fully saturated rings. The Morgan fingerprint density at radius 1 is 1.35 bits per heavy atom. The molecule has 0 aliphatic heterocycles. The summed E-state index contributed by atoms with van der Waals surface area (Å²) in [7, 11) is 0. The fourth-order valence-corrected chi connectivity index (χ4v) is 2.55. The Kier molecular flexibility index (Phi) is 3.78. The molecule has 0 saturated heterocycles. The van der Waals surface area contributed by atoms with Crippen LogP contribution >= 0.6 is 0 Å². The molecule has 1 heterocycles. The number of para-hydroxylation sites is 1. The summed E-state index contributed by atoms with van der Waals surface area (Å²) in [5.74, 6) is 0.405. The molecule has 0 amide bonds. The largest absolute Gasteiger partial charge is 0.368 e. The average Bonchev–Trinajstić information content (AvgIpc) is 3.29. The van der Waals surface area contributed by atoms with Crippen LogP contribution in [0.1, 0.15) is 19.8 Å². The maximum Gasteiger partial charge on any atom is 0.149 e. The molecule has 0 bridgehead atoms. The van der Waals surface area contributed by atoms with Gasteiger partial charge in [-0.1, -0.05) is 13.0 Å².